The smallest absolute Gasteiger partial charge is 0.248 e. The molecule has 1 saturated heterocycles. The number of rotatable bonds is 5. The van der Waals surface area contributed by atoms with Crippen molar-refractivity contribution in [3.8, 4) is 17.1 Å². The average Bonchev–Trinajstić information content (AvgIpc) is 3.12. The first-order valence-electron chi connectivity index (χ1n) is 9.40. The van der Waals surface area contributed by atoms with Gasteiger partial charge in [0.15, 0.2) is 0 Å². The van der Waals surface area contributed by atoms with E-state index in [4.69, 9.17) is 10.5 Å². The number of carbonyl (C=O) groups is 1. The van der Waals surface area contributed by atoms with Gasteiger partial charge in [0.2, 0.25) is 5.91 Å². The molecule has 140 valence electrons. The van der Waals surface area contributed by atoms with Gasteiger partial charge in [-0.2, -0.15) is 0 Å². The van der Waals surface area contributed by atoms with Crippen LogP contribution >= 0.6 is 0 Å². The number of nitrogens with one attached hydrogen (secondary N) is 2. The van der Waals surface area contributed by atoms with E-state index < -0.39 is 5.91 Å². The van der Waals surface area contributed by atoms with Crippen molar-refractivity contribution in [2.45, 2.75) is 38.3 Å². The predicted molar refractivity (Wildman–Crippen MR) is 106 cm³/mol. The molecular weight excluding hydrogens is 340 g/mol. The number of hydrogen-bond acceptors (Lipinski definition) is 4. The Morgan fingerprint density at radius 1 is 1.22 bits per heavy atom. The van der Waals surface area contributed by atoms with Crippen LogP contribution in [0, 0.1) is 0 Å². The van der Waals surface area contributed by atoms with Crippen molar-refractivity contribution >= 4 is 16.9 Å². The summed E-state index contributed by atoms with van der Waals surface area (Å²) in [5, 5.41) is 3.53. The maximum absolute atomic E-state index is 11.3. The second kappa shape index (κ2) is 7.40. The second-order valence-corrected chi connectivity index (χ2v) is 7.09. The number of nitrogens with two attached hydrogens (primary N) is 1. The molecule has 27 heavy (non-hydrogen) atoms. The topological polar surface area (TPSA) is 93.0 Å². The van der Waals surface area contributed by atoms with E-state index in [1.54, 1.807) is 12.1 Å². The van der Waals surface area contributed by atoms with E-state index in [1.165, 1.54) is 12.8 Å². The van der Waals surface area contributed by atoms with Crippen LogP contribution in [0.2, 0.25) is 0 Å². The molecule has 0 aliphatic carbocycles. The molecule has 0 bridgehead atoms. The predicted octanol–water partition coefficient (Wildman–Crippen LogP) is 3.24. The molecule has 1 aromatic heterocycles. The van der Waals surface area contributed by atoms with Gasteiger partial charge in [0.25, 0.3) is 0 Å². The van der Waals surface area contributed by atoms with Crippen LogP contribution < -0.4 is 15.8 Å². The summed E-state index contributed by atoms with van der Waals surface area (Å²) in [6.07, 6.45) is 3.80. The number of ether oxygens (including phenoxy) is 1. The highest BCUT2D eigenvalue weighted by Gasteiger charge is 2.20. The number of hydrogen-bond donors (Lipinski definition) is 3. The SMILES string of the molecule is CC(Oc1ccc(-c2nc3cc(C(N)=O)ccc3[nH]2)cc1)C1CCCCN1. The molecule has 4 N–H and O–H groups in total. The fourth-order valence-corrected chi connectivity index (χ4v) is 3.56. The van der Waals surface area contributed by atoms with Gasteiger partial charge < -0.3 is 20.8 Å². The van der Waals surface area contributed by atoms with E-state index in [0.717, 1.165) is 41.1 Å². The van der Waals surface area contributed by atoms with Gasteiger partial charge in [0.05, 0.1) is 11.0 Å². The molecule has 3 aromatic rings. The Hall–Kier alpha value is -2.86. The van der Waals surface area contributed by atoms with Crippen LogP contribution in [0.25, 0.3) is 22.4 Å². The Morgan fingerprint density at radius 3 is 2.74 bits per heavy atom. The lowest BCUT2D eigenvalue weighted by Crippen LogP contribution is -2.44. The van der Waals surface area contributed by atoms with Crippen molar-refractivity contribution < 1.29 is 9.53 Å². The first-order chi connectivity index (χ1) is 13.1. The molecule has 0 spiro atoms. The number of H-pyrrole nitrogens is 1. The third kappa shape index (κ3) is 3.80. The van der Waals surface area contributed by atoms with E-state index >= 15 is 0 Å². The molecule has 1 fully saturated rings. The van der Waals surface area contributed by atoms with E-state index in [0.29, 0.717) is 11.6 Å². The standard InChI is InChI=1S/C21H24N4O2/c1-13(17-4-2-3-11-23-17)27-16-8-5-14(6-9-16)21-24-18-10-7-15(20(22)26)12-19(18)25-21/h5-10,12-13,17,23H,2-4,11H2,1H3,(H2,22,26)(H,24,25). The highest BCUT2D eigenvalue weighted by molar-refractivity contribution is 5.96. The number of amides is 1. The molecule has 2 atom stereocenters. The van der Waals surface area contributed by atoms with Gasteiger partial charge in [0.1, 0.15) is 17.7 Å². The number of piperidine rings is 1. The Bertz CT molecular complexity index is 942. The number of carbonyl (C=O) groups excluding carboxylic acids is 1. The minimum atomic E-state index is -0.454. The summed E-state index contributed by atoms with van der Waals surface area (Å²) in [4.78, 5) is 19.2. The normalized spacial score (nSPS) is 18.3. The lowest BCUT2D eigenvalue weighted by molar-refractivity contribution is 0.100. The van der Waals surface area contributed by atoms with Crippen LogP contribution in [-0.2, 0) is 0 Å². The maximum Gasteiger partial charge on any atom is 0.248 e. The lowest BCUT2D eigenvalue weighted by atomic mass is 10.0. The van der Waals surface area contributed by atoms with Crippen molar-refractivity contribution in [2.24, 2.45) is 5.73 Å². The van der Waals surface area contributed by atoms with Gasteiger partial charge in [-0.1, -0.05) is 6.42 Å². The third-order valence-corrected chi connectivity index (χ3v) is 5.13. The molecule has 1 amide bonds. The number of imidazole rings is 1. The van der Waals surface area contributed by atoms with Crippen molar-refractivity contribution in [3.63, 3.8) is 0 Å². The summed E-state index contributed by atoms with van der Waals surface area (Å²) < 4.78 is 6.10. The Kier molecular flexibility index (Phi) is 4.81. The first kappa shape index (κ1) is 17.5. The fourth-order valence-electron chi connectivity index (χ4n) is 3.56. The maximum atomic E-state index is 11.3. The van der Waals surface area contributed by atoms with Crippen molar-refractivity contribution in [1.82, 2.24) is 15.3 Å². The quantitative estimate of drug-likeness (QED) is 0.648. The zero-order chi connectivity index (χ0) is 18.8. The second-order valence-electron chi connectivity index (χ2n) is 7.09. The number of primary amides is 1. The van der Waals surface area contributed by atoms with Crippen molar-refractivity contribution in [1.29, 1.82) is 0 Å². The summed E-state index contributed by atoms with van der Waals surface area (Å²) in [6.45, 7) is 3.19. The van der Waals surface area contributed by atoms with E-state index in [-0.39, 0.29) is 6.10 Å². The number of benzene rings is 2. The molecule has 0 radical (unpaired) electrons. The van der Waals surface area contributed by atoms with Crippen LogP contribution in [0.5, 0.6) is 5.75 Å². The van der Waals surface area contributed by atoms with Gasteiger partial charge >= 0.3 is 0 Å². The zero-order valence-electron chi connectivity index (χ0n) is 15.4. The van der Waals surface area contributed by atoms with Crippen LogP contribution in [0.1, 0.15) is 36.5 Å². The molecule has 2 unspecified atom stereocenters. The molecule has 1 aliphatic rings. The number of nitrogens with zero attached hydrogens (tertiary/aromatic N) is 1. The van der Waals surface area contributed by atoms with Gasteiger partial charge in [-0.3, -0.25) is 4.79 Å². The average molecular weight is 364 g/mol. The minimum Gasteiger partial charge on any atom is -0.489 e. The third-order valence-electron chi connectivity index (χ3n) is 5.13. The minimum absolute atomic E-state index is 0.134. The molecule has 6 heteroatoms. The lowest BCUT2D eigenvalue weighted by Gasteiger charge is -2.29. The number of fused-ring (bicyclic) bond motifs is 1. The summed E-state index contributed by atoms with van der Waals surface area (Å²) in [7, 11) is 0. The van der Waals surface area contributed by atoms with E-state index in [2.05, 4.69) is 22.2 Å². The first-order valence-corrected chi connectivity index (χ1v) is 9.40. The van der Waals surface area contributed by atoms with Crippen LogP contribution in [0.4, 0.5) is 0 Å². The van der Waals surface area contributed by atoms with Crippen LogP contribution in [0.3, 0.4) is 0 Å². The summed E-state index contributed by atoms with van der Waals surface area (Å²) in [6, 6.07) is 13.5. The molecule has 2 heterocycles. The number of aromatic nitrogens is 2. The molecule has 0 saturated carbocycles. The summed E-state index contributed by atoms with van der Waals surface area (Å²) in [5.41, 5.74) is 8.34. The van der Waals surface area contributed by atoms with Gasteiger partial charge in [-0.15, -0.1) is 0 Å². The molecule has 2 aromatic carbocycles. The van der Waals surface area contributed by atoms with E-state index in [9.17, 15) is 4.79 Å². The summed E-state index contributed by atoms with van der Waals surface area (Å²) in [5.74, 6) is 1.15. The van der Waals surface area contributed by atoms with Gasteiger partial charge in [-0.05, 0) is 68.8 Å². The van der Waals surface area contributed by atoms with E-state index in [1.807, 2.05) is 30.3 Å². The Balaban J connectivity index is 1.50. The molecule has 4 rings (SSSR count). The van der Waals surface area contributed by atoms with Crippen molar-refractivity contribution in [3.05, 3.63) is 48.0 Å². The fraction of sp³-hybridized carbons (Fsp3) is 0.333. The Labute approximate surface area is 158 Å². The molecule has 1 aliphatic heterocycles. The zero-order valence-corrected chi connectivity index (χ0v) is 15.4. The highest BCUT2D eigenvalue weighted by Crippen LogP contribution is 2.24. The summed E-state index contributed by atoms with van der Waals surface area (Å²) >= 11 is 0. The highest BCUT2D eigenvalue weighted by atomic mass is 16.5. The monoisotopic (exact) mass is 364 g/mol. The Morgan fingerprint density at radius 2 is 2.04 bits per heavy atom. The van der Waals surface area contributed by atoms with Gasteiger partial charge in [-0.25, -0.2) is 4.98 Å². The van der Waals surface area contributed by atoms with Gasteiger partial charge in [0, 0.05) is 17.2 Å². The molecular formula is C21H24N4O2. The largest absolute Gasteiger partial charge is 0.489 e. The molecule has 6 nitrogen and oxygen atoms in total. The van der Waals surface area contributed by atoms with Crippen LogP contribution in [-0.4, -0.2) is 34.6 Å². The van der Waals surface area contributed by atoms with Crippen molar-refractivity contribution in [2.75, 3.05) is 6.54 Å². The number of aromatic amines is 1. The van der Waals surface area contributed by atoms with Crippen LogP contribution in [0.15, 0.2) is 42.5 Å².